The standard InChI is InChI=1S/C16H24N2O2/c1-13-3-7-16(8-4-13,15(19)20)12-18(2)11-14-5-9-17-10-6-14/h5-6,9-10,13H,3-4,7-8,11-12H2,1-2H3,(H,19,20). The van der Waals surface area contributed by atoms with E-state index in [9.17, 15) is 9.90 Å². The lowest BCUT2D eigenvalue weighted by Gasteiger charge is -2.38. The highest BCUT2D eigenvalue weighted by molar-refractivity contribution is 5.75. The Morgan fingerprint density at radius 1 is 1.40 bits per heavy atom. The Bertz CT molecular complexity index is 439. The highest BCUT2D eigenvalue weighted by Crippen LogP contribution is 2.39. The van der Waals surface area contributed by atoms with Crippen molar-refractivity contribution in [1.29, 1.82) is 0 Å². The van der Waals surface area contributed by atoms with Gasteiger partial charge < -0.3 is 10.0 Å². The summed E-state index contributed by atoms with van der Waals surface area (Å²) in [5, 5.41) is 9.65. The van der Waals surface area contributed by atoms with Gasteiger partial charge in [-0.2, -0.15) is 0 Å². The van der Waals surface area contributed by atoms with Gasteiger partial charge in [-0.1, -0.05) is 6.92 Å². The number of carboxylic acids is 1. The molecule has 1 saturated carbocycles. The number of pyridine rings is 1. The van der Waals surface area contributed by atoms with Crippen LogP contribution >= 0.6 is 0 Å². The lowest BCUT2D eigenvalue weighted by atomic mass is 9.70. The van der Waals surface area contributed by atoms with Crippen molar-refractivity contribution < 1.29 is 9.90 Å². The third-order valence-electron chi connectivity index (χ3n) is 4.46. The molecule has 1 fully saturated rings. The fourth-order valence-electron chi connectivity index (χ4n) is 3.13. The van der Waals surface area contributed by atoms with Gasteiger partial charge in [-0.3, -0.25) is 9.78 Å². The molecular formula is C16H24N2O2. The van der Waals surface area contributed by atoms with E-state index in [1.807, 2.05) is 19.2 Å². The van der Waals surface area contributed by atoms with Gasteiger partial charge in [0, 0.05) is 25.5 Å². The molecule has 1 aliphatic rings. The van der Waals surface area contributed by atoms with E-state index in [1.165, 1.54) is 5.56 Å². The molecule has 4 nitrogen and oxygen atoms in total. The van der Waals surface area contributed by atoms with Gasteiger partial charge in [0.25, 0.3) is 0 Å². The summed E-state index contributed by atoms with van der Waals surface area (Å²) in [4.78, 5) is 17.9. The van der Waals surface area contributed by atoms with Gasteiger partial charge in [0.1, 0.15) is 0 Å². The van der Waals surface area contributed by atoms with Crippen LogP contribution in [0, 0.1) is 11.3 Å². The van der Waals surface area contributed by atoms with Gasteiger partial charge in [0.2, 0.25) is 0 Å². The van der Waals surface area contributed by atoms with Gasteiger partial charge in [0.05, 0.1) is 5.41 Å². The van der Waals surface area contributed by atoms with Crippen LogP contribution in [0.4, 0.5) is 0 Å². The van der Waals surface area contributed by atoms with E-state index in [2.05, 4.69) is 16.8 Å². The third kappa shape index (κ3) is 3.57. The predicted molar refractivity (Wildman–Crippen MR) is 78.3 cm³/mol. The summed E-state index contributed by atoms with van der Waals surface area (Å²) >= 11 is 0. The zero-order chi connectivity index (χ0) is 14.6. The number of carbonyl (C=O) groups is 1. The van der Waals surface area contributed by atoms with E-state index in [0.717, 1.165) is 32.2 Å². The summed E-state index contributed by atoms with van der Waals surface area (Å²) in [6.07, 6.45) is 7.19. The van der Waals surface area contributed by atoms with Crippen molar-refractivity contribution in [2.75, 3.05) is 13.6 Å². The van der Waals surface area contributed by atoms with Crippen LogP contribution in [0.15, 0.2) is 24.5 Å². The van der Waals surface area contributed by atoms with E-state index in [1.54, 1.807) is 12.4 Å². The molecule has 110 valence electrons. The zero-order valence-electron chi connectivity index (χ0n) is 12.4. The van der Waals surface area contributed by atoms with Crippen LogP contribution in [0.3, 0.4) is 0 Å². The summed E-state index contributed by atoms with van der Waals surface area (Å²) in [7, 11) is 2.00. The minimum atomic E-state index is -0.633. The van der Waals surface area contributed by atoms with E-state index in [-0.39, 0.29) is 0 Å². The minimum absolute atomic E-state index is 0.561. The third-order valence-corrected chi connectivity index (χ3v) is 4.46. The second-order valence-electron chi connectivity index (χ2n) is 6.30. The van der Waals surface area contributed by atoms with Crippen molar-refractivity contribution in [3.63, 3.8) is 0 Å². The number of aromatic nitrogens is 1. The molecule has 0 atom stereocenters. The van der Waals surface area contributed by atoms with Crippen LogP contribution in [-0.4, -0.2) is 34.6 Å². The quantitative estimate of drug-likeness (QED) is 0.898. The monoisotopic (exact) mass is 276 g/mol. The topological polar surface area (TPSA) is 53.4 Å². The molecule has 4 heteroatoms. The van der Waals surface area contributed by atoms with Crippen molar-refractivity contribution in [3.05, 3.63) is 30.1 Å². The largest absolute Gasteiger partial charge is 0.481 e. The minimum Gasteiger partial charge on any atom is -0.481 e. The maximum absolute atomic E-state index is 11.7. The number of hydrogen-bond acceptors (Lipinski definition) is 3. The van der Waals surface area contributed by atoms with Crippen LogP contribution in [-0.2, 0) is 11.3 Å². The molecule has 0 radical (unpaired) electrons. The Hall–Kier alpha value is -1.42. The molecule has 2 rings (SSSR count). The van der Waals surface area contributed by atoms with Gasteiger partial charge in [-0.05, 0) is 56.3 Å². The van der Waals surface area contributed by atoms with Gasteiger partial charge in [-0.15, -0.1) is 0 Å². The fraction of sp³-hybridized carbons (Fsp3) is 0.625. The molecule has 0 amide bonds. The number of aliphatic carboxylic acids is 1. The Labute approximate surface area is 120 Å². The van der Waals surface area contributed by atoms with Crippen molar-refractivity contribution in [2.45, 2.75) is 39.2 Å². The molecule has 1 aromatic heterocycles. The summed E-state index contributed by atoms with van der Waals surface area (Å²) in [5.74, 6) is 0.0268. The maximum Gasteiger partial charge on any atom is 0.310 e. The Balaban J connectivity index is 1.99. The van der Waals surface area contributed by atoms with Crippen molar-refractivity contribution in [1.82, 2.24) is 9.88 Å². The van der Waals surface area contributed by atoms with E-state index >= 15 is 0 Å². The molecule has 1 aromatic rings. The van der Waals surface area contributed by atoms with Gasteiger partial charge >= 0.3 is 5.97 Å². The van der Waals surface area contributed by atoms with Crippen LogP contribution in [0.1, 0.15) is 38.2 Å². The Morgan fingerprint density at radius 3 is 2.55 bits per heavy atom. The lowest BCUT2D eigenvalue weighted by molar-refractivity contribution is -0.153. The first kappa shape index (κ1) is 15.0. The zero-order valence-corrected chi connectivity index (χ0v) is 12.4. The smallest absolute Gasteiger partial charge is 0.310 e. The molecule has 0 spiro atoms. The molecular weight excluding hydrogens is 252 g/mol. The molecule has 0 unspecified atom stereocenters. The van der Waals surface area contributed by atoms with Crippen molar-refractivity contribution in [3.8, 4) is 0 Å². The molecule has 0 aliphatic heterocycles. The van der Waals surface area contributed by atoms with Crippen molar-refractivity contribution in [2.24, 2.45) is 11.3 Å². The highest BCUT2D eigenvalue weighted by atomic mass is 16.4. The van der Waals surface area contributed by atoms with E-state index in [4.69, 9.17) is 0 Å². The molecule has 1 N–H and O–H groups in total. The van der Waals surface area contributed by atoms with Gasteiger partial charge in [0.15, 0.2) is 0 Å². The first-order chi connectivity index (χ1) is 9.52. The fourth-order valence-corrected chi connectivity index (χ4v) is 3.13. The number of hydrogen-bond donors (Lipinski definition) is 1. The summed E-state index contributed by atoms with van der Waals surface area (Å²) in [5.41, 5.74) is 0.612. The average molecular weight is 276 g/mol. The molecule has 0 aromatic carbocycles. The second kappa shape index (κ2) is 6.35. The highest BCUT2D eigenvalue weighted by Gasteiger charge is 2.41. The maximum atomic E-state index is 11.7. The summed E-state index contributed by atoms with van der Waals surface area (Å²) < 4.78 is 0. The SMILES string of the molecule is CC1CCC(CN(C)Cc2ccncc2)(C(=O)O)CC1. The van der Waals surface area contributed by atoms with Crippen LogP contribution in [0.2, 0.25) is 0 Å². The van der Waals surface area contributed by atoms with Crippen LogP contribution in [0.5, 0.6) is 0 Å². The molecule has 1 heterocycles. The molecule has 1 aliphatic carbocycles. The van der Waals surface area contributed by atoms with Crippen LogP contribution in [0.25, 0.3) is 0 Å². The van der Waals surface area contributed by atoms with E-state index in [0.29, 0.717) is 12.5 Å². The average Bonchev–Trinajstić information content (AvgIpc) is 2.42. The molecule has 0 saturated heterocycles. The van der Waals surface area contributed by atoms with E-state index < -0.39 is 11.4 Å². The summed E-state index contributed by atoms with van der Waals surface area (Å²) in [6, 6.07) is 3.96. The van der Waals surface area contributed by atoms with Crippen LogP contribution < -0.4 is 0 Å². The Kier molecular flexibility index (Phi) is 4.76. The summed E-state index contributed by atoms with van der Waals surface area (Å²) in [6.45, 7) is 3.61. The number of carboxylic acid groups (broad SMARTS) is 1. The first-order valence-electron chi connectivity index (χ1n) is 7.33. The molecule has 0 bridgehead atoms. The predicted octanol–water partition coefficient (Wildman–Crippen LogP) is 2.79. The lowest BCUT2D eigenvalue weighted by Crippen LogP contribution is -2.44. The van der Waals surface area contributed by atoms with Gasteiger partial charge in [-0.25, -0.2) is 0 Å². The normalized spacial score (nSPS) is 26.6. The number of rotatable bonds is 5. The Morgan fingerprint density at radius 2 is 2.00 bits per heavy atom. The molecule has 20 heavy (non-hydrogen) atoms. The second-order valence-corrected chi connectivity index (χ2v) is 6.30. The first-order valence-corrected chi connectivity index (χ1v) is 7.33. The number of nitrogens with zero attached hydrogens (tertiary/aromatic N) is 2. The van der Waals surface area contributed by atoms with Crippen molar-refractivity contribution >= 4 is 5.97 Å².